The summed E-state index contributed by atoms with van der Waals surface area (Å²) in [4.78, 5) is 4.28. The third-order valence-electron chi connectivity index (χ3n) is 2.97. The summed E-state index contributed by atoms with van der Waals surface area (Å²) in [5.41, 5.74) is 2.64. The van der Waals surface area contributed by atoms with E-state index in [-0.39, 0.29) is 0 Å². The van der Waals surface area contributed by atoms with Crippen molar-refractivity contribution in [2.75, 3.05) is 26.6 Å². The van der Waals surface area contributed by atoms with Gasteiger partial charge in [0.1, 0.15) is 11.5 Å². The first-order valence-electron chi connectivity index (χ1n) is 5.98. The van der Waals surface area contributed by atoms with Crippen LogP contribution >= 0.6 is 0 Å². The van der Waals surface area contributed by atoms with E-state index < -0.39 is 0 Å². The normalized spacial score (nSPS) is 10.4. The van der Waals surface area contributed by atoms with Crippen LogP contribution in [0.5, 0.6) is 11.5 Å². The van der Waals surface area contributed by atoms with Crippen LogP contribution in [0.1, 0.15) is 11.3 Å². The van der Waals surface area contributed by atoms with Crippen molar-refractivity contribution in [2.24, 2.45) is 0 Å². The third kappa shape index (κ3) is 2.36. The van der Waals surface area contributed by atoms with Crippen LogP contribution in [0.4, 0.5) is 6.01 Å². The molecule has 5 nitrogen and oxygen atoms in total. The molecule has 0 unspecified atom stereocenters. The number of methoxy groups -OCH3 is 2. The van der Waals surface area contributed by atoms with Crippen molar-refractivity contribution in [3.05, 3.63) is 23.4 Å². The maximum absolute atomic E-state index is 5.67. The summed E-state index contributed by atoms with van der Waals surface area (Å²) < 4.78 is 16.4. The van der Waals surface area contributed by atoms with Crippen molar-refractivity contribution in [1.29, 1.82) is 0 Å². The molecule has 5 heteroatoms. The number of rotatable bonds is 4. The maximum Gasteiger partial charge on any atom is 0.295 e. The Kier molecular flexibility index (Phi) is 3.64. The molecule has 1 N–H and O–H groups in total. The molecule has 0 fully saturated rings. The van der Waals surface area contributed by atoms with E-state index in [0.717, 1.165) is 28.3 Å². The fraction of sp³-hybridized carbons (Fsp3) is 0.357. The first-order chi connectivity index (χ1) is 9.10. The highest BCUT2D eigenvalue weighted by Gasteiger charge is 2.17. The zero-order valence-electron chi connectivity index (χ0n) is 11.8. The van der Waals surface area contributed by atoms with Gasteiger partial charge in [0.05, 0.1) is 25.5 Å². The lowest BCUT2D eigenvalue weighted by Crippen LogP contribution is -1.93. The van der Waals surface area contributed by atoms with E-state index >= 15 is 0 Å². The Morgan fingerprint density at radius 2 is 1.79 bits per heavy atom. The topological polar surface area (TPSA) is 56.5 Å². The van der Waals surface area contributed by atoms with Gasteiger partial charge in [-0.05, 0) is 31.5 Å². The zero-order chi connectivity index (χ0) is 14.0. The molecule has 2 aromatic rings. The van der Waals surface area contributed by atoms with E-state index in [0.29, 0.717) is 11.8 Å². The minimum absolute atomic E-state index is 0.481. The number of aromatic nitrogens is 1. The molecule has 0 aliphatic heterocycles. The van der Waals surface area contributed by atoms with Gasteiger partial charge < -0.3 is 19.2 Å². The number of hydrogen-bond acceptors (Lipinski definition) is 5. The Bertz CT molecular complexity index is 591. The Balaban J connectivity index is 2.62. The molecule has 1 heterocycles. The molecular formula is C14H18N2O3. The Labute approximate surface area is 112 Å². The fourth-order valence-corrected chi connectivity index (χ4v) is 1.98. The molecule has 0 spiro atoms. The van der Waals surface area contributed by atoms with Gasteiger partial charge in [0.2, 0.25) is 0 Å². The van der Waals surface area contributed by atoms with Crippen molar-refractivity contribution < 1.29 is 13.9 Å². The van der Waals surface area contributed by atoms with Crippen molar-refractivity contribution >= 4 is 6.01 Å². The van der Waals surface area contributed by atoms with Crippen molar-refractivity contribution in [3.63, 3.8) is 0 Å². The number of anilines is 1. The van der Waals surface area contributed by atoms with Crippen LogP contribution in [-0.2, 0) is 0 Å². The number of ether oxygens (including phenoxy) is 2. The average Bonchev–Trinajstić information content (AvgIpc) is 2.79. The predicted molar refractivity (Wildman–Crippen MR) is 74.1 cm³/mol. The number of nitrogens with zero attached hydrogens (tertiary/aromatic N) is 1. The number of benzene rings is 1. The molecule has 0 aliphatic carbocycles. The van der Waals surface area contributed by atoms with Crippen LogP contribution in [0.15, 0.2) is 16.5 Å². The van der Waals surface area contributed by atoms with Gasteiger partial charge >= 0.3 is 0 Å². The van der Waals surface area contributed by atoms with E-state index in [4.69, 9.17) is 13.9 Å². The second-order valence-corrected chi connectivity index (χ2v) is 4.21. The van der Waals surface area contributed by atoms with Crippen molar-refractivity contribution in [3.8, 4) is 22.8 Å². The van der Waals surface area contributed by atoms with E-state index in [1.165, 1.54) is 0 Å². The van der Waals surface area contributed by atoms with Gasteiger partial charge in [0.15, 0.2) is 5.76 Å². The molecular weight excluding hydrogens is 244 g/mol. The van der Waals surface area contributed by atoms with Gasteiger partial charge in [-0.1, -0.05) is 0 Å². The summed E-state index contributed by atoms with van der Waals surface area (Å²) >= 11 is 0. The Hall–Kier alpha value is -2.17. The monoisotopic (exact) mass is 262 g/mol. The smallest absolute Gasteiger partial charge is 0.295 e. The molecule has 102 valence electrons. The first kappa shape index (κ1) is 13.3. The van der Waals surface area contributed by atoms with Crippen LogP contribution < -0.4 is 14.8 Å². The van der Waals surface area contributed by atoms with E-state index in [1.807, 2.05) is 26.0 Å². The summed E-state index contributed by atoms with van der Waals surface area (Å²) in [6, 6.07) is 4.31. The van der Waals surface area contributed by atoms with Gasteiger partial charge in [-0.3, -0.25) is 0 Å². The highest BCUT2D eigenvalue weighted by atomic mass is 16.5. The second kappa shape index (κ2) is 5.22. The number of oxazole rings is 1. The van der Waals surface area contributed by atoms with E-state index in [1.54, 1.807) is 21.3 Å². The molecule has 0 saturated carbocycles. The standard InChI is InChI=1S/C14H18N2O3/c1-8-6-12(18-5)10(7-11(8)17-4)13-9(2)16-14(15-3)19-13/h6-7H,1-5H3,(H,15,16). The Morgan fingerprint density at radius 3 is 2.32 bits per heavy atom. The Morgan fingerprint density at radius 1 is 1.11 bits per heavy atom. The minimum Gasteiger partial charge on any atom is -0.496 e. The molecule has 2 rings (SSSR count). The van der Waals surface area contributed by atoms with Crippen LogP contribution in [-0.4, -0.2) is 26.3 Å². The lowest BCUT2D eigenvalue weighted by molar-refractivity contribution is 0.400. The molecule has 0 saturated heterocycles. The minimum atomic E-state index is 0.481. The highest BCUT2D eigenvalue weighted by molar-refractivity contribution is 5.71. The fourth-order valence-electron chi connectivity index (χ4n) is 1.98. The van der Waals surface area contributed by atoms with Crippen LogP contribution in [0, 0.1) is 13.8 Å². The lowest BCUT2D eigenvalue weighted by Gasteiger charge is -2.11. The van der Waals surface area contributed by atoms with E-state index in [9.17, 15) is 0 Å². The molecule has 0 aliphatic rings. The number of aryl methyl sites for hydroxylation is 2. The summed E-state index contributed by atoms with van der Waals surface area (Å²) in [7, 11) is 5.04. The molecule has 19 heavy (non-hydrogen) atoms. The maximum atomic E-state index is 5.67. The molecule has 0 atom stereocenters. The van der Waals surface area contributed by atoms with Crippen molar-refractivity contribution in [2.45, 2.75) is 13.8 Å². The summed E-state index contributed by atoms with van der Waals surface area (Å²) in [6.07, 6.45) is 0. The molecule has 1 aromatic carbocycles. The molecule has 1 aromatic heterocycles. The quantitative estimate of drug-likeness (QED) is 0.917. The number of nitrogens with one attached hydrogen (secondary N) is 1. The van der Waals surface area contributed by atoms with Crippen LogP contribution in [0.25, 0.3) is 11.3 Å². The van der Waals surface area contributed by atoms with Crippen molar-refractivity contribution in [1.82, 2.24) is 4.98 Å². The van der Waals surface area contributed by atoms with Crippen LogP contribution in [0.2, 0.25) is 0 Å². The molecule has 0 bridgehead atoms. The zero-order valence-corrected chi connectivity index (χ0v) is 11.8. The second-order valence-electron chi connectivity index (χ2n) is 4.21. The van der Waals surface area contributed by atoms with Gasteiger partial charge in [-0.15, -0.1) is 0 Å². The van der Waals surface area contributed by atoms with Crippen LogP contribution in [0.3, 0.4) is 0 Å². The summed E-state index contributed by atoms with van der Waals surface area (Å²) in [6.45, 7) is 3.86. The lowest BCUT2D eigenvalue weighted by atomic mass is 10.1. The summed E-state index contributed by atoms with van der Waals surface area (Å²) in [5, 5.41) is 2.89. The largest absolute Gasteiger partial charge is 0.496 e. The third-order valence-corrected chi connectivity index (χ3v) is 2.97. The summed E-state index contributed by atoms with van der Waals surface area (Å²) in [5.74, 6) is 2.21. The average molecular weight is 262 g/mol. The highest BCUT2D eigenvalue weighted by Crippen LogP contribution is 2.38. The van der Waals surface area contributed by atoms with Gasteiger partial charge in [-0.25, -0.2) is 0 Å². The van der Waals surface area contributed by atoms with Gasteiger partial charge in [-0.2, -0.15) is 4.98 Å². The first-order valence-corrected chi connectivity index (χ1v) is 5.98. The number of hydrogen-bond donors (Lipinski definition) is 1. The van der Waals surface area contributed by atoms with Gasteiger partial charge in [0.25, 0.3) is 6.01 Å². The predicted octanol–water partition coefficient (Wildman–Crippen LogP) is 3.02. The molecule has 0 amide bonds. The van der Waals surface area contributed by atoms with Gasteiger partial charge in [0, 0.05) is 7.05 Å². The van der Waals surface area contributed by atoms with E-state index in [2.05, 4.69) is 10.3 Å². The molecule has 0 radical (unpaired) electrons. The SMILES string of the molecule is CNc1nc(C)c(-c2cc(OC)c(C)cc2OC)o1.